The number of primary amides is 1. The zero-order valence-electron chi connectivity index (χ0n) is 10.9. The highest BCUT2D eigenvalue weighted by Crippen LogP contribution is 2.11. The molecule has 0 aliphatic heterocycles. The lowest BCUT2D eigenvalue weighted by Crippen LogP contribution is -2.12. The lowest BCUT2D eigenvalue weighted by molar-refractivity contribution is -0.111. The number of amides is 2. The Kier molecular flexibility index (Phi) is 4.00. The highest BCUT2D eigenvalue weighted by atomic mass is 16.3. The van der Waals surface area contributed by atoms with Crippen LogP contribution < -0.4 is 11.1 Å². The number of hydrogen-bond acceptors (Lipinski definition) is 3. The lowest BCUT2D eigenvalue weighted by Gasteiger charge is -2.03. The summed E-state index contributed by atoms with van der Waals surface area (Å²) in [6.07, 6.45) is 2.93. The van der Waals surface area contributed by atoms with E-state index in [2.05, 4.69) is 5.32 Å². The van der Waals surface area contributed by atoms with Crippen molar-refractivity contribution in [2.75, 3.05) is 5.32 Å². The van der Waals surface area contributed by atoms with Crippen LogP contribution >= 0.6 is 0 Å². The van der Waals surface area contributed by atoms with E-state index in [0.717, 1.165) is 5.76 Å². The van der Waals surface area contributed by atoms with Crippen LogP contribution in [0.3, 0.4) is 0 Å². The van der Waals surface area contributed by atoms with Gasteiger partial charge in [-0.05, 0) is 43.3 Å². The van der Waals surface area contributed by atoms with Gasteiger partial charge in [0.25, 0.3) is 0 Å². The normalized spacial score (nSPS) is 10.7. The van der Waals surface area contributed by atoms with Crippen LogP contribution in [0.5, 0.6) is 0 Å². The first-order valence-corrected chi connectivity index (χ1v) is 6.00. The fraction of sp³-hybridized carbons (Fsp3) is 0.0667. The standard InChI is InChI=1S/C15H14N2O3/c1-10-5-6-13(20-10)7-8-14(18)17-12-4-2-3-11(9-12)15(16)19/h2-9H,1H3,(H2,16,19)(H,17,18)/b8-7+. The minimum Gasteiger partial charge on any atom is -0.462 e. The molecule has 0 saturated heterocycles. The molecule has 5 heteroatoms. The fourth-order valence-electron chi connectivity index (χ4n) is 1.63. The number of aryl methyl sites for hydroxylation is 1. The Morgan fingerprint density at radius 2 is 2.05 bits per heavy atom. The molecular formula is C15H14N2O3. The van der Waals surface area contributed by atoms with Crippen molar-refractivity contribution in [3.05, 3.63) is 59.6 Å². The second kappa shape index (κ2) is 5.88. The Morgan fingerprint density at radius 3 is 2.70 bits per heavy atom. The Morgan fingerprint density at radius 1 is 1.25 bits per heavy atom. The lowest BCUT2D eigenvalue weighted by atomic mass is 10.2. The molecule has 5 nitrogen and oxygen atoms in total. The summed E-state index contributed by atoms with van der Waals surface area (Å²) < 4.78 is 5.31. The Labute approximate surface area is 116 Å². The van der Waals surface area contributed by atoms with Crippen LogP contribution in [-0.2, 0) is 4.79 Å². The number of benzene rings is 1. The summed E-state index contributed by atoms with van der Waals surface area (Å²) in [6, 6.07) is 10.0. The third kappa shape index (κ3) is 3.58. The molecule has 0 spiro atoms. The Hall–Kier alpha value is -2.82. The van der Waals surface area contributed by atoms with Gasteiger partial charge in [0.15, 0.2) is 0 Å². The van der Waals surface area contributed by atoms with Crippen LogP contribution in [0.15, 0.2) is 46.9 Å². The summed E-state index contributed by atoms with van der Waals surface area (Å²) in [5, 5.41) is 2.64. The van der Waals surface area contributed by atoms with Gasteiger partial charge in [0.05, 0.1) is 0 Å². The Bertz CT molecular complexity index is 671. The monoisotopic (exact) mass is 270 g/mol. The maximum atomic E-state index is 11.7. The molecule has 0 saturated carbocycles. The van der Waals surface area contributed by atoms with E-state index in [1.807, 2.05) is 13.0 Å². The van der Waals surface area contributed by atoms with Gasteiger partial charge < -0.3 is 15.5 Å². The number of nitrogens with one attached hydrogen (secondary N) is 1. The molecule has 3 N–H and O–H groups in total. The summed E-state index contributed by atoms with van der Waals surface area (Å²) in [4.78, 5) is 22.8. The summed E-state index contributed by atoms with van der Waals surface area (Å²) >= 11 is 0. The molecule has 2 amide bonds. The molecule has 20 heavy (non-hydrogen) atoms. The largest absolute Gasteiger partial charge is 0.462 e. The molecule has 0 radical (unpaired) electrons. The van der Waals surface area contributed by atoms with Crippen molar-refractivity contribution in [2.24, 2.45) is 5.73 Å². The third-order valence-electron chi connectivity index (χ3n) is 2.57. The van der Waals surface area contributed by atoms with Crippen molar-refractivity contribution >= 4 is 23.6 Å². The van der Waals surface area contributed by atoms with Gasteiger partial charge >= 0.3 is 0 Å². The summed E-state index contributed by atoms with van der Waals surface area (Å²) in [7, 11) is 0. The number of carbonyl (C=O) groups is 2. The predicted octanol–water partition coefficient (Wildman–Crippen LogP) is 2.34. The van der Waals surface area contributed by atoms with E-state index in [0.29, 0.717) is 17.0 Å². The van der Waals surface area contributed by atoms with Crippen LogP contribution in [0.2, 0.25) is 0 Å². The number of rotatable bonds is 4. The average molecular weight is 270 g/mol. The molecule has 1 heterocycles. The molecular weight excluding hydrogens is 256 g/mol. The molecule has 0 atom stereocenters. The van der Waals surface area contributed by atoms with Crippen LogP contribution in [0.1, 0.15) is 21.9 Å². The maximum absolute atomic E-state index is 11.7. The number of anilines is 1. The van der Waals surface area contributed by atoms with Crippen molar-refractivity contribution < 1.29 is 14.0 Å². The van der Waals surface area contributed by atoms with Crippen LogP contribution in [-0.4, -0.2) is 11.8 Å². The second-order valence-electron chi connectivity index (χ2n) is 4.22. The van der Waals surface area contributed by atoms with E-state index in [-0.39, 0.29) is 5.91 Å². The second-order valence-corrected chi connectivity index (χ2v) is 4.22. The van der Waals surface area contributed by atoms with E-state index < -0.39 is 5.91 Å². The minimum absolute atomic E-state index is 0.319. The smallest absolute Gasteiger partial charge is 0.248 e. The average Bonchev–Trinajstić information content (AvgIpc) is 2.82. The number of carbonyl (C=O) groups excluding carboxylic acids is 2. The molecule has 102 valence electrons. The zero-order chi connectivity index (χ0) is 14.5. The van der Waals surface area contributed by atoms with Crippen molar-refractivity contribution in [1.29, 1.82) is 0 Å². The van der Waals surface area contributed by atoms with E-state index in [9.17, 15) is 9.59 Å². The van der Waals surface area contributed by atoms with Crippen molar-refractivity contribution in [2.45, 2.75) is 6.92 Å². The number of furan rings is 1. The summed E-state index contributed by atoms with van der Waals surface area (Å²) in [5.74, 6) is 0.520. The molecule has 1 aromatic carbocycles. The van der Waals surface area contributed by atoms with Gasteiger partial charge in [0.1, 0.15) is 11.5 Å². The first-order valence-electron chi connectivity index (χ1n) is 6.00. The van der Waals surface area contributed by atoms with Gasteiger partial charge in [-0.1, -0.05) is 6.07 Å². The molecule has 2 aromatic rings. The fourth-order valence-corrected chi connectivity index (χ4v) is 1.63. The third-order valence-corrected chi connectivity index (χ3v) is 2.57. The van der Waals surface area contributed by atoms with E-state index >= 15 is 0 Å². The van der Waals surface area contributed by atoms with Gasteiger partial charge in [-0.3, -0.25) is 9.59 Å². The molecule has 0 aliphatic rings. The molecule has 0 fully saturated rings. The van der Waals surface area contributed by atoms with Gasteiger partial charge in [0.2, 0.25) is 11.8 Å². The van der Waals surface area contributed by atoms with E-state index in [4.69, 9.17) is 10.2 Å². The van der Waals surface area contributed by atoms with Crippen molar-refractivity contribution in [3.63, 3.8) is 0 Å². The van der Waals surface area contributed by atoms with Gasteiger partial charge in [-0.25, -0.2) is 0 Å². The zero-order valence-corrected chi connectivity index (χ0v) is 10.9. The first-order chi connectivity index (χ1) is 9.54. The summed E-state index contributed by atoms with van der Waals surface area (Å²) in [6.45, 7) is 1.83. The SMILES string of the molecule is Cc1ccc(/C=C/C(=O)Nc2cccc(C(N)=O)c2)o1. The molecule has 0 aliphatic carbocycles. The highest BCUT2D eigenvalue weighted by molar-refractivity contribution is 6.02. The molecule has 2 rings (SSSR count). The minimum atomic E-state index is -0.539. The van der Waals surface area contributed by atoms with E-state index in [1.165, 1.54) is 12.1 Å². The van der Waals surface area contributed by atoms with Crippen LogP contribution in [0, 0.1) is 6.92 Å². The number of nitrogens with two attached hydrogens (primary N) is 1. The van der Waals surface area contributed by atoms with Crippen LogP contribution in [0.25, 0.3) is 6.08 Å². The van der Waals surface area contributed by atoms with Gasteiger partial charge in [-0.15, -0.1) is 0 Å². The van der Waals surface area contributed by atoms with Crippen LogP contribution in [0.4, 0.5) is 5.69 Å². The van der Waals surface area contributed by atoms with Crippen molar-refractivity contribution in [1.82, 2.24) is 0 Å². The van der Waals surface area contributed by atoms with Gasteiger partial charge in [-0.2, -0.15) is 0 Å². The molecule has 0 bridgehead atoms. The Balaban J connectivity index is 2.02. The maximum Gasteiger partial charge on any atom is 0.248 e. The van der Waals surface area contributed by atoms with Crippen molar-refractivity contribution in [3.8, 4) is 0 Å². The first kappa shape index (κ1) is 13.6. The number of hydrogen-bond donors (Lipinski definition) is 2. The predicted molar refractivity (Wildman–Crippen MR) is 76.1 cm³/mol. The van der Waals surface area contributed by atoms with E-state index in [1.54, 1.807) is 30.3 Å². The highest BCUT2D eigenvalue weighted by Gasteiger charge is 2.03. The summed E-state index contributed by atoms with van der Waals surface area (Å²) in [5.41, 5.74) is 6.02. The molecule has 1 aromatic heterocycles. The quantitative estimate of drug-likeness (QED) is 0.836. The van der Waals surface area contributed by atoms with Gasteiger partial charge in [0, 0.05) is 17.3 Å². The molecule has 0 unspecified atom stereocenters. The topological polar surface area (TPSA) is 85.3 Å².